The first-order valence-corrected chi connectivity index (χ1v) is 8.61. The first kappa shape index (κ1) is 15.8. The molecule has 1 aromatic heterocycles. The number of pyridine rings is 1. The molecule has 4 heteroatoms. The third kappa shape index (κ3) is 3.39. The summed E-state index contributed by atoms with van der Waals surface area (Å²) in [6.07, 6.45) is 0.315. The number of amides is 1. The summed E-state index contributed by atoms with van der Waals surface area (Å²) in [6.45, 7) is 2.55. The van der Waals surface area contributed by atoms with E-state index in [4.69, 9.17) is 9.72 Å². The zero-order valence-electron chi connectivity index (χ0n) is 14.0. The summed E-state index contributed by atoms with van der Waals surface area (Å²) < 4.78 is 5.34. The van der Waals surface area contributed by atoms with Crippen LogP contribution in [0.3, 0.4) is 0 Å². The Morgan fingerprint density at radius 3 is 2.52 bits per heavy atom. The molecule has 0 bridgehead atoms. The number of ether oxygens (including phenoxy) is 1. The molecule has 1 aliphatic heterocycles. The molecule has 2 aromatic carbocycles. The van der Waals surface area contributed by atoms with Crippen LogP contribution in [0.1, 0.15) is 5.69 Å². The van der Waals surface area contributed by atoms with Gasteiger partial charge in [-0.15, -0.1) is 0 Å². The molecule has 126 valence electrons. The number of para-hydroxylation sites is 1. The van der Waals surface area contributed by atoms with Gasteiger partial charge in [-0.3, -0.25) is 9.78 Å². The van der Waals surface area contributed by atoms with Crippen LogP contribution >= 0.6 is 0 Å². The van der Waals surface area contributed by atoms with Crippen LogP contribution in [0.2, 0.25) is 0 Å². The minimum atomic E-state index is 0.114. The van der Waals surface area contributed by atoms with Crippen LogP contribution in [0.4, 0.5) is 0 Å². The zero-order valence-corrected chi connectivity index (χ0v) is 14.0. The van der Waals surface area contributed by atoms with Crippen LogP contribution in [-0.2, 0) is 16.0 Å². The number of nitrogens with zero attached hydrogens (tertiary/aromatic N) is 2. The number of fused-ring (bicyclic) bond motifs is 1. The molecule has 1 aliphatic rings. The van der Waals surface area contributed by atoms with Gasteiger partial charge in [0.15, 0.2) is 0 Å². The van der Waals surface area contributed by atoms with Crippen molar-refractivity contribution in [2.24, 2.45) is 0 Å². The molecule has 1 fully saturated rings. The van der Waals surface area contributed by atoms with E-state index < -0.39 is 0 Å². The van der Waals surface area contributed by atoms with E-state index in [1.165, 1.54) is 0 Å². The Balaban J connectivity index is 1.74. The van der Waals surface area contributed by atoms with Crippen molar-refractivity contribution in [2.75, 3.05) is 26.3 Å². The van der Waals surface area contributed by atoms with E-state index in [2.05, 4.69) is 24.3 Å². The molecular formula is C21H20N2O2. The topological polar surface area (TPSA) is 42.4 Å². The van der Waals surface area contributed by atoms with E-state index in [0.717, 1.165) is 27.7 Å². The summed E-state index contributed by atoms with van der Waals surface area (Å²) in [5.41, 5.74) is 3.87. The Morgan fingerprint density at radius 2 is 1.72 bits per heavy atom. The number of aromatic nitrogens is 1. The maximum Gasteiger partial charge on any atom is 0.228 e. The SMILES string of the molecule is O=C(Cc1nc2ccccc2cc1-c1ccccc1)N1CCOCC1. The van der Waals surface area contributed by atoms with E-state index in [-0.39, 0.29) is 5.91 Å². The lowest BCUT2D eigenvalue weighted by molar-refractivity contribution is -0.134. The summed E-state index contributed by atoms with van der Waals surface area (Å²) in [5, 5.41) is 1.09. The van der Waals surface area contributed by atoms with Crippen molar-refractivity contribution >= 4 is 16.8 Å². The highest BCUT2D eigenvalue weighted by molar-refractivity contribution is 5.88. The second kappa shape index (κ2) is 7.03. The van der Waals surface area contributed by atoms with Crippen molar-refractivity contribution in [3.63, 3.8) is 0 Å². The second-order valence-corrected chi connectivity index (χ2v) is 6.21. The van der Waals surface area contributed by atoms with Gasteiger partial charge < -0.3 is 9.64 Å². The van der Waals surface area contributed by atoms with E-state index in [0.29, 0.717) is 32.7 Å². The van der Waals surface area contributed by atoms with E-state index >= 15 is 0 Å². The maximum atomic E-state index is 12.7. The number of carbonyl (C=O) groups excluding carboxylic acids is 1. The maximum absolute atomic E-state index is 12.7. The summed E-state index contributed by atoms with van der Waals surface area (Å²) in [4.78, 5) is 19.4. The van der Waals surface area contributed by atoms with Crippen molar-refractivity contribution in [3.05, 3.63) is 66.4 Å². The molecule has 0 radical (unpaired) electrons. The molecule has 0 unspecified atom stereocenters. The van der Waals surface area contributed by atoms with E-state index in [1.54, 1.807) is 0 Å². The molecular weight excluding hydrogens is 312 g/mol. The number of benzene rings is 2. The number of rotatable bonds is 3. The minimum absolute atomic E-state index is 0.114. The third-order valence-corrected chi connectivity index (χ3v) is 4.57. The second-order valence-electron chi connectivity index (χ2n) is 6.21. The van der Waals surface area contributed by atoms with Crippen molar-refractivity contribution in [3.8, 4) is 11.1 Å². The quantitative estimate of drug-likeness (QED) is 0.739. The highest BCUT2D eigenvalue weighted by atomic mass is 16.5. The number of morpholine rings is 1. The average Bonchev–Trinajstić information content (AvgIpc) is 2.69. The van der Waals surface area contributed by atoms with Crippen LogP contribution in [0.15, 0.2) is 60.7 Å². The Morgan fingerprint density at radius 1 is 1.00 bits per heavy atom. The van der Waals surface area contributed by atoms with Gasteiger partial charge >= 0.3 is 0 Å². The lowest BCUT2D eigenvalue weighted by Crippen LogP contribution is -2.41. The van der Waals surface area contributed by atoms with Crippen LogP contribution in [0.5, 0.6) is 0 Å². The highest BCUT2D eigenvalue weighted by Crippen LogP contribution is 2.27. The van der Waals surface area contributed by atoms with Gasteiger partial charge in [-0.2, -0.15) is 0 Å². The molecule has 2 heterocycles. The third-order valence-electron chi connectivity index (χ3n) is 4.57. The van der Waals surface area contributed by atoms with Gasteiger partial charge in [0.05, 0.1) is 30.8 Å². The molecule has 0 atom stereocenters. The summed E-state index contributed by atoms with van der Waals surface area (Å²) in [7, 11) is 0. The molecule has 25 heavy (non-hydrogen) atoms. The zero-order chi connectivity index (χ0) is 17.1. The molecule has 4 nitrogen and oxygen atoms in total. The molecule has 0 saturated carbocycles. The Labute approximate surface area is 147 Å². The van der Waals surface area contributed by atoms with Gasteiger partial charge in [0, 0.05) is 24.0 Å². The van der Waals surface area contributed by atoms with Gasteiger partial charge in [-0.1, -0.05) is 48.5 Å². The molecule has 0 N–H and O–H groups in total. The Hall–Kier alpha value is -2.72. The summed E-state index contributed by atoms with van der Waals surface area (Å²) in [6, 6.07) is 20.3. The summed E-state index contributed by atoms with van der Waals surface area (Å²) >= 11 is 0. The van der Waals surface area contributed by atoms with Crippen molar-refractivity contribution in [2.45, 2.75) is 6.42 Å². The van der Waals surface area contributed by atoms with E-state index in [1.807, 2.05) is 41.3 Å². The van der Waals surface area contributed by atoms with Crippen molar-refractivity contribution in [1.29, 1.82) is 0 Å². The first-order valence-electron chi connectivity index (χ1n) is 8.61. The van der Waals surface area contributed by atoms with Gasteiger partial charge in [0.1, 0.15) is 0 Å². The molecule has 1 amide bonds. The van der Waals surface area contributed by atoms with Crippen LogP contribution < -0.4 is 0 Å². The normalized spacial score (nSPS) is 14.6. The molecule has 1 saturated heterocycles. The standard InChI is InChI=1S/C21H20N2O2/c24-21(23-10-12-25-13-11-23)15-20-18(16-6-2-1-3-7-16)14-17-8-4-5-9-19(17)22-20/h1-9,14H,10-13,15H2. The Kier molecular flexibility index (Phi) is 4.44. The predicted octanol–water partition coefficient (Wildman–Crippen LogP) is 3.30. The largest absolute Gasteiger partial charge is 0.378 e. The van der Waals surface area contributed by atoms with Gasteiger partial charge in [0.25, 0.3) is 0 Å². The molecule has 3 aromatic rings. The fraction of sp³-hybridized carbons (Fsp3) is 0.238. The predicted molar refractivity (Wildman–Crippen MR) is 98.3 cm³/mol. The van der Waals surface area contributed by atoms with Crippen LogP contribution in [0.25, 0.3) is 22.0 Å². The highest BCUT2D eigenvalue weighted by Gasteiger charge is 2.20. The fourth-order valence-electron chi connectivity index (χ4n) is 3.23. The fourth-order valence-corrected chi connectivity index (χ4v) is 3.23. The van der Waals surface area contributed by atoms with Gasteiger partial charge in [-0.05, 0) is 17.7 Å². The smallest absolute Gasteiger partial charge is 0.228 e. The average molecular weight is 332 g/mol. The number of carbonyl (C=O) groups is 1. The van der Waals surface area contributed by atoms with Gasteiger partial charge in [0.2, 0.25) is 5.91 Å². The minimum Gasteiger partial charge on any atom is -0.378 e. The Bertz CT molecular complexity index is 887. The lowest BCUT2D eigenvalue weighted by Gasteiger charge is -2.27. The van der Waals surface area contributed by atoms with Crippen molar-refractivity contribution in [1.82, 2.24) is 9.88 Å². The summed E-state index contributed by atoms with van der Waals surface area (Å²) in [5.74, 6) is 0.114. The molecule has 4 rings (SSSR count). The number of hydrogen-bond acceptors (Lipinski definition) is 3. The monoisotopic (exact) mass is 332 g/mol. The van der Waals surface area contributed by atoms with Crippen LogP contribution in [-0.4, -0.2) is 42.1 Å². The first-order chi connectivity index (χ1) is 12.3. The number of hydrogen-bond donors (Lipinski definition) is 0. The lowest BCUT2D eigenvalue weighted by atomic mass is 9.99. The molecule has 0 aliphatic carbocycles. The van der Waals surface area contributed by atoms with Crippen molar-refractivity contribution < 1.29 is 9.53 Å². The van der Waals surface area contributed by atoms with E-state index in [9.17, 15) is 4.79 Å². The molecule has 0 spiro atoms. The van der Waals surface area contributed by atoms with Gasteiger partial charge in [-0.25, -0.2) is 0 Å². The van der Waals surface area contributed by atoms with Crippen LogP contribution in [0, 0.1) is 0 Å².